The molecule has 1 aromatic carbocycles. The number of rotatable bonds is 7. The second-order valence-electron chi connectivity index (χ2n) is 3.64. The molecule has 0 bridgehead atoms. The standard InChI is InChI=1S/C12H13N3O3S2/c1-2-18-9-5-3-4-8(6-9)13-11-14-15-12(20-11)19-7-10(16)17/h3-6H,2,7H2,1H3,(H,13,14)(H,16,17). The van der Waals surface area contributed by atoms with E-state index in [2.05, 4.69) is 15.5 Å². The van der Waals surface area contributed by atoms with E-state index in [1.165, 1.54) is 11.3 Å². The van der Waals surface area contributed by atoms with Crippen LogP contribution < -0.4 is 10.1 Å². The summed E-state index contributed by atoms with van der Waals surface area (Å²) in [5.41, 5.74) is 0.849. The molecule has 2 N–H and O–H groups in total. The zero-order chi connectivity index (χ0) is 14.4. The van der Waals surface area contributed by atoms with Crippen molar-refractivity contribution in [1.82, 2.24) is 10.2 Å². The van der Waals surface area contributed by atoms with Crippen LogP contribution in [-0.4, -0.2) is 33.6 Å². The average Bonchev–Trinajstić information content (AvgIpc) is 2.85. The molecule has 20 heavy (non-hydrogen) atoms. The summed E-state index contributed by atoms with van der Waals surface area (Å²) in [6.07, 6.45) is 0. The lowest BCUT2D eigenvalue weighted by Crippen LogP contribution is -1.96. The maximum absolute atomic E-state index is 10.5. The Hall–Kier alpha value is -1.80. The molecule has 0 aliphatic rings. The van der Waals surface area contributed by atoms with Crippen LogP contribution in [-0.2, 0) is 4.79 Å². The lowest BCUT2D eigenvalue weighted by molar-refractivity contribution is -0.133. The predicted octanol–water partition coefficient (Wildman–Crippen LogP) is 2.86. The van der Waals surface area contributed by atoms with Crippen LogP contribution in [0.5, 0.6) is 5.75 Å². The lowest BCUT2D eigenvalue weighted by atomic mass is 10.3. The molecule has 0 unspecified atom stereocenters. The summed E-state index contributed by atoms with van der Waals surface area (Å²) >= 11 is 2.47. The van der Waals surface area contributed by atoms with Crippen LogP contribution in [0.4, 0.5) is 10.8 Å². The molecule has 0 amide bonds. The van der Waals surface area contributed by atoms with Gasteiger partial charge in [-0.15, -0.1) is 10.2 Å². The van der Waals surface area contributed by atoms with E-state index in [-0.39, 0.29) is 5.75 Å². The van der Waals surface area contributed by atoms with Crippen LogP contribution in [0, 0.1) is 0 Å². The van der Waals surface area contributed by atoms with Crippen LogP contribution in [0.25, 0.3) is 0 Å². The molecule has 0 atom stereocenters. The molecule has 0 fully saturated rings. The molecule has 0 saturated carbocycles. The minimum absolute atomic E-state index is 0.0194. The molecule has 0 saturated heterocycles. The zero-order valence-corrected chi connectivity index (χ0v) is 12.3. The van der Waals surface area contributed by atoms with Crippen LogP contribution in [0.2, 0.25) is 0 Å². The third-order valence-corrected chi connectivity index (χ3v) is 4.08. The molecule has 0 spiro atoms. The van der Waals surface area contributed by atoms with Gasteiger partial charge in [0.2, 0.25) is 5.13 Å². The van der Waals surface area contributed by atoms with E-state index in [1.807, 2.05) is 31.2 Å². The fourth-order valence-corrected chi connectivity index (χ4v) is 2.89. The van der Waals surface area contributed by atoms with E-state index in [1.54, 1.807) is 0 Å². The summed E-state index contributed by atoms with van der Waals surface area (Å²) in [4.78, 5) is 10.5. The molecule has 2 rings (SSSR count). The normalized spacial score (nSPS) is 10.2. The van der Waals surface area contributed by atoms with E-state index < -0.39 is 5.97 Å². The minimum Gasteiger partial charge on any atom is -0.494 e. The van der Waals surface area contributed by atoms with Crippen molar-refractivity contribution in [2.75, 3.05) is 17.7 Å². The topological polar surface area (TPSA) is 84.3 Å². The van der Waals surface area contributed by atoms with Crippen molar-refractivity contribution < 1.29 is 14.6 Å². The van der Waals surface area contributed by atoms with Crippen molar-refractivity contribution in [3.05, 3.63) is 24.3 Å². The number of nitrogens with one attached hydrogen (secondary N) is 1. The Balaban J connectivity index is 1.99. The Labute approximate surface area is 124 Å². The van der Waals surface area contributed by atoms with Gasteiger partial charge >= 0.3 is 5.97 Å². The molecule has 6 nitrogen and oxygen atoms in total. The van der Waals surface area contributed by atoms with Crippen molar-refractivity contribution >= 4 is 39.9 Å². The first-order valence-electron chi connectivity index (χ1n) is 5.85. The van der Waals surface area contributed by atoms with Gasteiger partial charge in [0, 0.05) is 11.8 Å². The van der Waals surface area contributed by atoms with Crippen molar-refractivity contribution in [1.29, 1.82) is 0 Å². The number of ether oxygens (including phenoxy) is 1. The number of anilines is 2. The van der Waals surface area contributed by atoms with Crippen molar-refractivity contribution in [2.45, 2.75) is 11.3 Å². The SMILES string of the molecule is CCOc1cccc(Nc2nnc(SCC(=O)O)s2)c1. The summed E-state index contributed by atoms with van der Waals surface area (Å²) in [5.74, 6) is -0.110. The number of aromatic nitrogens is 2. The highest BCUT2D eigenvalue weighted by atomic mass is 32.2. The van der Waals surface area contributed by atoms with Gasteiger partial charge < -0.3 is 15.2 Å². The Bertz CT molecular complexity index is 589. The number of thioether (sulfide) groups is 1. The molecule has 8 heteroatoms. The zero-order valence-electron chi connectivity index (χ0n) is 10.7. The van der Waals surface area contributed by atoms with Crippen LogP contribution in [0.15, 0.2) is 28.6 Å². The molecule has 2 aromatic rings. The highest BCUT2D eigenvalue weighted by Crippen LogP contribution is 2.28. The van der Waals surface area contributed by atoms with Gasteiger partial charge in [0.1, 0.15) is 5.75 Å². The second kappa shape index (κ2) is 7.11. The lowest BCUT2D eigenvalue weighted by Gasteiger charge is -2.05. The maximum Gasteiger partial charge on any atom is 0.313 e. The number of carboxylic acid groups (broad SMARTS) is 1. The third-order valence-electron chi connectivity index (χ3n) is 2.12. The van der Waals surface area contributed by atoms with Crippen LogP contribution >= 0.6 is 23.1 Å². The average molecular weight is 311 g/mol. The minimum atomic E-state index is -0.871. The van der Waals surface area contributed by atoms with Gasteiger partial charge in [0.05, 0.1) is 12.4 Å². The summed E-state index contributed by atoms with van der Waals surface area (Å²) in [6.45, 7) is 2.54. The number of carboxylic acids is 1. The summed E-state index contributed by atoms with van der Waals surface area (Å²) in [6, 6.07) is 7.53. The Morgan fingerprint density at radius 2 is 2.35 bits per heavy atom. The fraction of sp³-hybridized carbons (Fsp3) is 0.250. The van der Waals surface area contributed by atoms with Gasteiger partial charge in [-0.3, -0.25) is 4.79 Å². The van der Waals surface area contributed by atoms with Crippen LogP contribution in [0.3, 0.4) is 0 Å². The number of carbonyl (C=O) groups is 1. The summed E-state index contributed by atoms with van der Waals surface area (Å²) < 4.78 is 6.03. The molecule has 0 aliphatic heterocycles. The largest absolute Gasteiger partial charge is 0.494 e. The van der Waals surface area contributed by atoms with Gasteiger partial charge in [-0.1, -0.05) is 29.2 Å². The smallest absolute Gasteiger partial charge is 0.313 e. The quantitative estimate of drug-likeness (QED) is 0.760. The first-order chi connectivity index (χ1) is 9.67. The molecule has 1 aromatic heterocycles. The Morgan fingerprint density at radius 1 is 1.50 bits per heavy atom. The van der Waals surface area contributed by atoms with Crippen LogP contribution in [0.1, 0.15) is 6.92 Å². The molecule has 0 aliphatic carbocycles. The highest BCUT2D eigenvalue weighted by Gasteiger charge is 2.07. The van der Waals surface area contributed by atoms with E-state index >= 15 is 0 Å². The van der Waals surface area contributed by atoms with Crippen molar-refractivity contribution in [3.63, 3.8) is 0 Å². The molecule has 0 radical (unpaired) electrons. The number of aliphatic carboxylic acids is 1. The van der Waals surface area contributed by atoms with E-state index in [9.17, 15) is 4.79 Å². The Morgan fingerprint density at radius 3 is 3.10 bits per heavy atom. The molecular formula is C12H13N3O3S2. The van der Waals surface area contributed by atoms with Gasteiger partial charge in [0.25, 0.3) is 0 Å². The summed E-state index contributed by atoms with van der Waals surface area (Å²) in [7, 11) is 0. The number of nitrogens with zero attached hydrogens (tertiary/aromatic N) is 2. The Kier molecular flexibility index (Phi) is 5.19. The third kappa shape index (κ3) is 4.39. The van der Waals surface area contributed by atoms with Crippen molar-refractivity contribution in [2.24, 2.45) is 0 Å². The second-order valence-corrected chi connectivity index (χ2v) is 5.84. The van der Waals surface area contributed by atoms with E-state index in [0.29, 0.717) is 16.1 Å². The first-order valence-corrected chi connectivity index (χ1v) is 7.65. The monoisotopic (exact) mass is 311 g/mol. The predicted molar refractivity (Wildman–Crippen MR) is 79.2 cm³/mol. The van der Waals surface area contributed by atoms with Gasteiger partial charge in [-0.05, 0) is 19.1 Å². The van der Waals surface area contributed by atoms with E-state index in [0.717, 1.165) is 23.2 Å². The van der Waals surface area contributed by atoms with E-state index in [4.69, 9.17) is 9.84 Å². The fourth-order valence-electron chi connectivity index (χ4n) is 1.40. The number of hydrogen-bond donors (Lipinski definition) is 2. The number of hydrogen-bond acceptors (Lipinski definition) is 7. The maximum atomic E-state index is 10.5. The highest BCUT2D eigenvalue weighted by molar-refractivity contribution is 8.01. The summed E-state index contributed by atoms with van der Waals surface area (Å²) in [5, 5.41) is 20.2. The van der Waals surface area contributed by atoms with Gasteiger partial charge in [-0.25, -0.2) is 0 Å². The molecule has 1 heterocycles. The molecular weight excluding hydrogens is 298 g/mol. The van der Waals surface area contributed by atoms with Gasteiger partial charge in [-0.2, -0.15) is 0 Å². The first kappa shape index (κ1) is 14.6. The number of benzene rings is 1. The van der Waals surface area contributed by atoms with Gasteiger partial charge in [0.15, 0.2) is 4.34 Å². The van der Waals surface area contributed by atoms with Crippen molar-refractivity contribution in [3.8, 4) is 5.75 Å². The molecule has 106 valence electrons.